The van der Waals surface area contributed by atoms with E-state index in [1.807, 2.05) is 40.6 Å². The predicted octanol–water partition coefficient (Wildman–Crippen LogP) is 4.73. The van der Waals surface area contributed by atoms with Crippen LogP contribution in [0.4, 0.5) is 5.13 Å². The van der Waals surface area contributed by atoms with Gasteiger partial charge in [-0.1, -0.05) is 35.1 Å². The van der Waals surface area contributed by atoms with Crippen LogP contribution < -0.4 is 4.90 Å². The van der Waals surface area contributed by atoms with Crippen molar-refractivity contribution < 1.29 is 9.53 Å². The standard InChI is InChI=1S/C20H22ClN3O2S2.ClH/c21-16-5-1-6-17-19(16)22-20(28-17)24(18(25)14-15-4-2-13-27-15)8-3-7-23-9-11-26-12-10-23;/h1-2,4-6,13H,3,7-12,14H2;1H. The Kier molecular flexibility index (Phi) is 8.29. The number of amides is 1. The van der Waals surface area contributed by atoms with Crippen LogP contribution in [0.5, 0.6) is 0 Å². The zero-order chi connectivity index (χ0) is 19.3. The van der Waals surface area contributed by atoms with Crippen LogP contribution in [0.15, 0.2) is 35.7 Å². The number of benzene rings is 1. The molecular formula is C20H23Cl2N3O2S2. The molecule has 1 aliphatic rings. The van der Waals surface area contributed by atoms with Gasteiger partial charge in [-0.05, 0) is 30.0 Å². The Hall–Kier alpha value is -1.22. The van der Waals surface area contributed by atoms with Crippen molar-refractivity contribution in [2.24, 2.45) is 0 Å². The van der Waals surface area contributed by atoms with Crippen molar-refractivity contribution in [2.45, 2.75) is 12.8 Å². The van der Waals surface area contributed by atoms with E-state index in [9.17, 15) is 4.79 Å². The van der Waals surface area contributed by atoms with Gasteiger partial charge in [-0.3, -0.25) is 14.6 Å². The molecule has 4 rings (SSSR count). The van der Waals surface area contributed by atoms with Gasteiger partial charge >= 0.3 is 0 Å². The Labute approximate surface area is 189 Å². The van der Waals surface area contributed by atoms with E-state index in [1.165, 1.54) is 11.3 Å². The van der Waals surface area contributed by atoms with Crippen molar-refractivity contribution in [3.63, 3.8) is 0 Å². The molecule has 1 saturated heterocycles. The number of ether oxygens (including phenoxy) is 1. The third kappa shape index (κ3) is 5.69. The van der Waals surface area contributed by atoms with Gasteiger partial charge in [-0.15, -0.1) is 23.7 Å². The summed E-state index contributed by atoms with van der Waals surface area (Å²) >= 11 is 9.44. The van der Waals surface area contributed by atoms with Gasteiger partial charge in [0.1, 0.15) is 5.52 Å². The Morgan fingerprint density at radius 1 is 1.24 bits per heavy atom. The second-order valence-corrected chi connectivity index (χ2v) is 9.14. The van der Waals surface area contributed by atoms with Crippen LogP contribution in [0, 0.1) is 0 Å². The van der Waals surface area contributed by atoms with Gasteiger partial charge in [-0.2, -0.15) is 0 Å². The first-order valence-electron chi connectivity index (χ1n) is 9.38. The number of nitrogens with zero attached hydrogens (tertiary/aromatic N) is 3. The number of para-hydroxylation sites is 1. The molecule has 9 heteroatoms. The van der Waals surface area contributed by atoms with E-state index >= 15 is 0 Å². The minimum atomic E-state index is 0. The molecule has 0 N–H and O–H groups in total. The maximum absolute atomic E-state index is 13.1. The average molecular weight is 472 g/mol. The summed E-state index contributed by atoms with van der Waals surface area (Å²) in [6, 6.07) is 9.74. The third-order valence-corrected chi connectivity index (χ3v) is 6.98. The van der Waals surface area contributed by atoms with Crippen molar-refractivity contribution in [1.82, 2.24) is 9.88 Å². The van der Waals surface area contributed by atoms with Crippen molar-refractivity contribution in [3.05, 3.63) is 45.6 Å². The largest absolute Gasteiger partial charge is 0.379 e. The highest BCUT2D eigenvalue weighted by Crippen LogP contribution is 2.33. The molecule has 1 aliphatic heterocycles. The summed E-state index contributed by atoms with van der Waals surface area (Å²) in [5.74, 6) is 0.0830. The van der Waals surface area contributed by atoms with Gasteiger partial charge in [0.2, 0.25) is 5.91 Å². The van der Waals surface area contributed by atoms with E-state index in [1.54, 1.807) is 11.3 Å². The van der Waals surface area contributed by atoms with E-state index in [-0.39, 0.29) is 18.3 Å². The normalized spacial score (nSPS) is 14.7. The van der Waals surface area contributed by atoms with E-state index in [0.717, 1.165) is 59.5 Å². The fourth-order valence-corrected chi connectivity index (χ4v) is 5.29. The number of halogens is 2. The molecule has 29 heavy (non-hydrogen) atoms. The van der Waals surface area contributed by atoms with E-state index in [4.69, 9.17) is 16.3 Å². The first-order chi connectivity index (χ1) is 13.7. The van der Waals surface area contributed by atoms with E-state index < -0.39 is 0 Å². The summed E-state index contributed by atoms with van der Waals surface area (Å²) in [6.45, 7) is 5.10. The summed E-state index contributed by atoms with van der Waals surface area (Å²) in [6.07, 6.45) is 1.30. The molecule has 156 valence electrons. The number of fused-ring (bicyclic) bond motifs is 1. The van der Waals surface area contributed by atoms with Crippen molar-refractivity contribution in [1.29, 1.82) is 0 Å². The Bertz CT molecular complexity index is 927. The topological polar surface area (TPSA) is 45.7 Å². The Morgan fingerprint density at radius 3 is 2.79 bits per heavy atom. The molecule has 3 aromatic rings. The lowest BCUT2D eigenvalue weighted by atomic mass is 10.3. The van der Waals surface area contributed by atoms with Crippen LogP contribution in [0.2, 0.25) is 5.02 Å². The molecule has 2 aromatic heterocycles. The van der Waals surface area contributed by atoms with Gasteiger partial charge in [0.25, 0.3) is 0 Å². The van der Waals surface area contributed by atoms with Gasteiger partial charge in [-0.25, -0.2) is 4.98 Å². The number of hydrogen-bond acceptors (Lipinski definition) is 6. The number of rotatable bonds is 7. The lowest BCUT2D eigenvalue weighted by Crippen LogP contribution is -2.39. The molecule has 0 radical (unpaired) electrons. The van der Waals surface area contributed by atoms with Crippen molar-refractivity contribution >= 4 is 67.9 Å². The van der Waals surface area contributed by atoms with E-state index in [0.29, 0.717) is 18.0 Å². The minimum absolute atomic E-state index is 0. The quantitative estimate of drug-likeness (QED) is 0.499. The van der Waals surface area contributed by atoms with Crippen LogP contribution in [-0.4, -0.2) is 55.2 Å². The zero-order valence-electron chi connectivity index (χ0n) is 15.9. The molecule has 0 saturated carbocycles. The summed E-state index contributed by atoms with van der Waals surface area (Å²) in [5.41, 5.74) is 0.770. The lowest BCUT2D eigenvalue weighted by molar-refractivity contribution is -0.118. The highest BCUT2D eigenvalue weighted by Gasteiger charge is 2.21. The number of hydrogen-bond donors (Lipinski definition) is 0. The van der Waals surface area contributed by atoms with Gasteiger partial charge in [0, 0.05) is 31.1 Å². The molecule has 0 aliphatic carbocycles. The van der Waals surface area contributed by atoms with Gasteiger partial charge in [0.15, 0.2) is 5.13 Å². The molecule has 0 unspecified atom stereocenters. The SMILES string of the molecule is Cl.O=C(Cc1cccs1)N(CCCN1CCOCC1)c1nc2c(Cl)cccc2s1. The number of aromatic nitrogens is 1. The lowest BCUT2D eigenvalue weighted by Gasteiger charge is -2.27. The highest BCUT2D eigenvalue weighted by atomic mass is 35.5. The number of carbonyl (C=O) groups excluding carboxylic acids is 1. The smallest absolute Gasteiger partial charge is 0.234 e. The van der Waals surface area contributed by atoms with Crippen LogP contribution >= 0.6 is 46.7 Å². The van der Waals surface area contributed by atoms with Crippen molar-refractivity contribution in [3.8, 4) is 0 Å². The summed E-state index contributed by atoms with van der Waals surface area (Å²) in [5, 5.41) is 3.36. The fourth-order valence-electron chi connectivity index (χ4n) is 3.28. The summed E-state index contributed by atoms with van der Waals surface area (Å²) < 4.78 is 6.42. The Morgan fingerprint density at radius 2 is 2.07 bits per heavy atom. The number of thiophene rings is 1. The maximum Gasteiger partial charge on any atom is 0.234 e. The molecule has 1 aromatic carbocycles. The van der Waals surface area contributed by atoms with Crippen LogP contribution in [0.3, 0.4) is 0 Å². The number of carbonyl (C=O) groups is 1. The maximum atomic E-state index is 13.1. The second-order valence-electron chi connectivity index (χ2n) is 6.69. The molecular weight excluding hydrogens is 449 g/mol. The van der Waals surface area contributed by atoms with E-state index in [2.05, 4.69) is 9.88 Å². The fraction of sp³-hybridized carbons (Fsp3) is 0.400. The van der Waals surface area contributed by atoms with Gasteiger partial charge < -0.3 is 4.74 Å². The molecule has 5 nitrogen and oxygen atoms in total. The second kappa shape index (κ2) is 10.7. The first-order valence-corrected chi connectivity index (χ1v) is 11.5. The summed E-state index contributed by atoms with van der Waals surface area (Å²) in [4.78, 5) is 23.1. The number of anilines is 1. The molecule has 1 fully saturated rings. The van der Waals surface area contributed by atoms with Crippen molar-refractivity contribution in [2.75, 3.05) is 44.3 Å². The van der Waals surface area contributed by atoms with Crippen LogP contribution in [0.25, 0.3) is 10.2 Å². The molecule has 0 bridgehead atoms. The number of thiazole rings is 1. The monoisotopic (exact) mass is 471 g/mol. The number of morpholine rings is 1. The molecule has 0 spiro atoms. The molecule has 1 amide bonds. The third-order valence-electron chi connectivity index (χ3n) is 4.76. The zero-order valence-corrected chi connectivity index (χ0v) is 19.1. The summed E-state index contributed by atoms with van der Waals surface area (Å²) in [7, 11) is 0. The first kappa shape index (κ1) is 22.5. The van der Waals surface area contributed by atoms with Crippen LogP contribution in [-0.2, 0) is 16.0 Å². The van der Waals surface area contributed by atoms with Gasteiger partial charge in [0.05, 0.1) is 29.4 Å². The van der Waals surface area contributed by atoms with Crippen LogP contribution in [0.1, 0.15) is 11.3 Å². The predicted molar refractivity (Wildman–Crippen MR) is 124 cm³/mol. The minimum Gasteiger partial charge on any atom is -0.379 e. The Balaban J connectivity index is 0.00000240. The highest BCUT2D eigenvalue weighted by molar-refractivity contribution is 7.22. The molecule has 3 heterocycles. The average Bonchev–Trinajstić information content (AvgIpc) is 3.36. The molecule has 0 atom stereocenters.